The van der Waals surface area contributed by atoms with Crippen LogP contribution < -0.4 is 0 Å². The summed E-state index contributed by atoms with van der Waals surface area (Å²) in [5.74, 6) is 0. The Kier molecular flexibility index (Phi) is 7.17. The van der Waals surface area contributed by atoms with Gasteiger partial charge in [-0.05, 0) is 13.3 Å². The highest BCUT2D eigenvalue weighted by Gasteiger charge is 2.26. The highest BCUT2D eigenvalue weighted by atomic mass is 16.7. The van der Waals surface area contributed by atoms with Gasteiger partial charge in [-0.2, -0.15) is 0 Å². The van der Waals surface area contributed by atoms with E-state index < -0.39 is 12.4 Å². The van der Waals surface area contributed by atoms with Gasteiger partial charge in [-0.25, -0.2) is 0 Å². The third-order valence-electron chi connectivity index (χ3n) is 1.93. The minimum Gasteiger partial charge on any atom is -0.385 e. The van der Waals surface area contributed by atoms with Crippen LogP contribution in [0.15, 0.2) is 0 Å². The lowest BCUT2D eigenvalue weighted by Crippen LogP contribution is -2.41. The summed E-state index contributed by atoms with van der Waals surface area (Å²) in [6.45, 7) is 4.30. The van der Waals surface area contributed by atoms with Gasteiger partial charge in [-0.1, -0.05) is 6.92 Å². The molecule has 0 saturated heterocycles. The second kappa shape index (κ2) is 7.26. The largest absolute Gasteiger partial charge is 0.385 e. The van der Waals surface area contributed by atoms with E-state index in [1.54, 1.807) is 7.11 Å². The SMILES string of the molecule is CCOC(OC)C(O)C(CC)OC. The molecule has 0 heterocycles. The topological polar surface area (TPSA) is 47.9 Å². The van der Waals surface area contributed by atoms with E-state index in [4.69, 9.17) is 14.2 Å². The number of hydrogen-bond donors (Lipinski definition) is 1. The van der Waals surface area contributed by atoms with E-state index in [9.17, 15) is 5.11 Å². The third kappa shape index (κ3) is 4.04. The lowest BCUT2D eigenvalue weighted by molar-refractivity contribution is -0.205. The minimum absolute atomic E-state index is 0.239. The molecule has 80 valence electrons. The normalized spacial score (nSPS) is 18.2. The molecule has 0 bridgehead atoms. The molecule has 0 aliphatic carbocycles. The summed E-state index contributed by atoms with van der Waals surface area (Å²) in [5.41, 5.74) is 0. The summed E-state index contributed by atoms with van der Waals surface area (Å²) >= 11 is 0. The van der Waals surface area contributed by atoms with E-state index >= 15 is 0 Å². The van der Waals surface area contributed by atoms with Crippen molar-refractivity contribution in [3.05, 3.63) is 0 Å². The zero-order valence-corrected chi connectivity index (χ0v) is 8.82. The predicted octanol–water partition coefficient (Wildman–Crippen LogP) is 0.781. The predicted molar refractivity (Wildman–Crippen MR) is 49.5 cm³/mol. The Morgan fingerprint density at radius 1 is 1.15 bits per heavy atom. The number of methoxy groups -OCH3 is 2. The number of hydrogen-bond acceptors (Lipinski definition) is 4. The van der Waals surface area contributed by atoms with Gasteiger partial charge in [0.1, 0.15) is 6.10 Å². The van der Waals surface area contributed by atoms with Gasteiger partial charge in [0.15, 0.2) is 6.29 Å². The molecular formula is C9H20O4. The van der Waals surface area contributed by atoms with Crippen LogP contribution in [0.3, 0.4) is 0 Å². The van der Waals surface area contributed by atoms with Gasteiger partial charge < -0.3 is 19.3 Å². The van der Waals surface area contributed by atoms with Crippen LogP contribution >= 0.6 is 0 Å². The van der Waals surface area contributed by atoms with Crippen molar-refractivity contribution in [2.75, 3.05) is 20.8 Å². The molecule has 0 aromatic rings. The Morgan fingerprint density at radius 3 is 2.08 bits per heavy atom. The van der Waals surface area contributed by atoms with Gasteiger partial charge >= 0.3 is 0 Å². The van der Waals surface area contributed by atoms with Gasteiger partial charge in [0.2, 0.25) is 0 Å². The van der Waals surface area contributed by atoms with Crippen molar-refractivity contribution >= 4 is 0 Å². The van der Waals surface area contributed by atoms with Crippen LogP contribution in [0.4, 0.5) is 0 Å². The summed E-state index contributed by atoms with van der Waals surface area (Å²) in [4.78, 5) is 0. The quantitative estimate of drug-likeness (QED) is 0.606. The van der Waals surface area contributed by atoms with Gasteiger partial charge in [-0.15, -0.1) is 0 Å². The second-order valence-electron chi connectivity index (χ2n) is 2.73. The second-order valence-corrected chi connectivity index (χ2v) is 2.73. The van der Waals surface area contributed by atoms with Gasteiger partial charge in [0.25, 0.3) is 0 Å². The van der Waals surface area contributed by atoms with E-state index in [1.807, 2.05) is 13.8 Å². The summed E-state index contributed by atoms with van der Waals surface area (Å²) in [5, 5.41) is 9.72. The smallest absolute Gasteiger partial charge is 0.185 e. The molecule has 0 aromatic heterocycles. The Bertz CT molecular complexity index is 114. The minimum atomic E-state index is -0.736. The fraction of sp³-hybridized carbons (Fsp3) is 1.00. The highest BCUT2D eigenvalue weighted by Crippen LogP contribution is 2.10. The molecule has 0 saturated carbocycles. The van der Waals surface area contributed by atoms with Crippen molar-refractivity contribution in [2.45, 2.75) is 38.8 Å². The van der Waals surface area contributed by atoms with Crippen molar-refractivity contribution in [3.63, 3.8) is 0 Å². The fourth-order valence-corrected chi connectivity index (χ4v) is 1.19. The van der Waals surface area contributed by atoms with Crippen LogP contribution in [0, 0.1) is 0 Å². The molecule has 13 heavy (non-hydrogen) atoms. The van der Waals surface area contributed by atoms with Crippen LogP contribution in [0.1, 0.15) is 20.3 Å². The first-order chi connectivity index (χ1) is 6.21. The van der Waals surface area contributed by atoms with Crippen molar-refractivity contribution in [2.24, 2.45) is 0 Å². The Balaban J connectivity index is 4.07. The van der Waals surface area contributed by atoms with Crippen LogP contribution in [-0.4, -0.2) is 44.4 Å². The Hall–Kier alpha value is -0.160. The maximum Gasteiger partial charge on any atom is 0.185 e. The maximum atomic E-state index is 9.72. The van der Waals surface area contributed by atoms with E-state index in [0.29, 0.717) is 6.61 Å². The summed E-state index contributed by atoms with van der Waals surface area (Å²) in [7, 11) is 3.07. The van der Waals surface area contributed by atoms with Crippen molar-refractivity contribution in [1.82, 2.24) is 0 Å². The molecule has 4 nitrogen and oxygen atoms in total. The number of ether oxygens (including phenoxy) is 3. The fourth-order valence-electron chi connectivity index (χ4n) is 1.19. The van der Waals surface area contributed by atoms with Gasteiger partial charge in [-0.3, -0.25) is 0 Å². The van der Waals surface area contributed by atoms with Crippen molar-refractivity contribution in [3.8, 4) is 0 Å². The maximum absolute atomic E-state index is 9.72. The number of rotatable bonds is 7. The first kappa shape index (κ1) is 12.8. The van der Waals surface area contributed by atoms with Crippen molar-refractivity contribution in [1.29, 1.82) is 0 Å². The van der Waals surface area contributed by atoms with Crippen LogP contribution in [0.5, 0.6) is 0 Å². The van der Waals surface area contributed by atoms with Gasteiger partial charge in [0.05, 0.1) is 6.10 Å². The van der Waals surface area contributed by atoms with E-state index in [1.165, 1.54) is 7.11 Å². The molecule has 0 spiro atoms. The average Bonchev–Trinajstić information content (AvgIpc) is 2.15. The van der Waals surface area contributed by atoms with E-state index in [0.717, 1.165) is 6.42 Å². The molecule has 0 amide bonds. The molecule has 0 fully saturated rings. The van der Waals surface area contributed by atoms with Crippen molar-refractivity contribution < 1.29 is 19.3 Å². The van der Waals surface area contributed by atoms with Crippen LogP contribution in [0.25, 0.3) is 0 Å². The standard InChI is InChI=1S/C9H20O4/c1-5-7(11-3)8(10)9(12-4)13-6-2/h7-10H,5-6H2,1-4H3. The molecule has 0 aliphatic rings. The summed E-state index contributed by atoms with van der Waals surface area (Å²) in [6.07, 6.45) is -0.851. The summed E-state index contributed by atoms with van der Waals surface area (Å²) < 4.78 is 15.3. The Morgan fingerprint density at radius 2 is 1.77 bits per heavy atom. The van der Waals surface area contributed by atoms with E-state index in [2.05, 4.69) is 0 Å². The monoisotopic (exact) mass is 192 g/mol. The zero-order chi connectivity index (χ0) is 10.3. The molecule has 1 N–H and O–H groups in total. The van der Waals surface area contributed by atoms with Gasteiger partial charge in [0, 0.05) is 20.8 Å². The molecule has 0 aliphatic heterocycles. The molecule has 0 radical (unpaired) electrons. The third-order valence-corrected chi connectivity index (χ3v) is 1.93. The lowest BCUT2D eigenvalue weighted by Gasteiger charge is -2.26. The molecular weight excluding hydrogens is 172 g/mol. The lowest BCUT2D eigenvalue weighted by atomic mass is 10.1. The first-order valence-electron chi connectivity index (χ1n) is 4.56. The molecule has 0 rings (SSSR count). The Labute approximate surface area is 79.8 Å². The first-order valence-corrected chi connectivity index (χ1v) is 4.56. The number of aliphatic hydroxyl groups is 1. The zero-order valence-electron chi connectivity index (χ0n) is 8.82. The molecule has 3 atom stereocenters. The van der Waals surface area contributed by atoms with Crippen LogP contribution in [0.2, 0.25) is 0 Å². The number of aliphatic hydroxyl groups excluding tert-OH is 1. The molecule has 4 heteroatoms. The molecule has 3 unspecified atom stereocenters. The van der Waals surface area contributed by atoms with Crippen LogP contribution in [-0.2, 0) is 14.2 Å². The summed E-state index contributed by atoms with van der Waals surface area (Å²) in [6, 6.07) is 0. The molecule has 0 aromatic carbocycles. The van der Waals surface area contributed by atoms with E-state index in [-0.39, 0.29) is 6.10 Å². The highest BCUT2D eigenvalue weighted by molar-refractivity contribution is 4.70. The average molecular weight is 192 g/mol.